The van der Waals surface area contributed by atoms with E-state index >= 15 is 0 Å². The standard InChI is InChI=1S/C11H9FN2O/c1-8-6-11(15)7-13-14(8)10-4-2-9(12)3-5-10/h2-7H,1H3. The van der Waals surface area contributed by atoms with Crippen molar-refractivity contribution in [3.63, 3.8) is 0 Å². The topological polar surface area (TPSA) is 34.9 Å². The van der Waals surface area contributed by atoms with Crippen LogP contribution in [0, 0.1) is 12.7 Å². The van der Waals surface area contributed by atoms with Gasteiger partial charge in [0.1, 0.15) is 5.82 Å². The Bertz CT molecular complexity index is 531. The molecule has 0 bridgehead atoms. The molecule has 0 amide bonds. The van der Waals surface area contributed by atoms with Crippen molar-refractivity contribution >= 4 is 0 Å². The Morgan fingerprint density at radius 3 is 2.53 bits per heavy atom. The molecule has 0 radical (unpaired) electrons. The van der Waals surface area contributed by atoms with Gasteiger partial charge in [-0.25, -0.2) is 9.07 Å². The first-order valence-electron chi connectivity index (χ1n) is 4.49. The summed E-state index contributed by atoms with van der Waals surface area (Å²) in [5.41, 5.74) is 1.31. The zero-order valence-corrected chi connectivity index (χ0v) is 8.14. The van der Waals surface area contributed by atoms with E-state index in [0.717, 1.165) is 5.69 Å². The van der Waals surface area contributed by atoms with Crippen molar-refractivity contribution in [1.82, 2.24) is 9.78 Å². The summed E-state index contributed by atoms with van der Waals surface area (Å²) in [4.78, 5) is 11.0. The monoisotopic (exact) mass is 204 g/mol. The maximum absolute atomic E-state index is 12.7. The lowest BCUT2D eigenvalue weighted by molar-refractivity contribution is 0.626. The summed E-state index contributed by atoms with van der Waals surface area (Å²) < 4.78 is 14.3. The highest BCUT2D eigenvalue weighted by molar-refractivity contribution is 5.32. The number of benzene rings is 1. The number of nitrogens with zero attached hydrogens (tertiary/aromatic N) is 2. The fourth-order valence-corrected chi connectivity index (χ4v) is 1.36. The van der Waals surface area contributed by atoms with Crippen LogP contribution < -0.4 is 5.43 Å². The van der Waals surface area contributed by atoms with Crippen LogP contribution in [0.5, 0.6) is 0 Å². The molecule has 4 heteroatoms. The first kappa shape index (κ1) is 9.58. The third-order valence-electron chi connectivity index (χ3n) is 2.06. The van der Waals surface area contributed by atoms with E-state index in [1.54, 1.807) is 23.7 Å². The molecule has 2 aromatic rings. The van der Waals surface area contributed by atoms with Crippen LogP contribution in [-0.2, 0) is 0 Å². The highest BCUT2D eigenvalue weighted by atomic mass is 19.1. The SMILES string of the molecule is Cc1cc(=O)cnn1-c1ccc(F)cc1. The lowest BCUT2D eigenvalue weighted by atomic mass is 10.3. The van der Waals surface area contributed by atoms with Gasteiger partial charge in [0.2, 0.25) is 0 Å². The van der Waals surface area contributed by atoms with E-state index in [2.05, 4.69) is 5.10 Å². The number of hydrogen-bond donors (Lipinski definition) is 0. The van der Waals surface area contributed by atoms with Gasteiger partial charge in [0.25, 0.3) is 0 Å². The quantitative estimate of drug-likeness (QED) is 0.708. The molecule has 0 atom stereocenters. The van der Waals surface area contributed by atoms with Crippen molar-refractivity contribution in [2.75, 3.05) is 0 Å². The molecule has 3 nitrogen and oxygen atoms in total. The highest BCUT2D eigenvalue weighted by Gasteiger charge is 2.00. The van der Waals surface area contributed by atoms with Gasteiger partial charge in [-0.05, 0) is 31.2 Å². The summed E-state index contributed by atoms with van der Waals surface area (Å²) in [7, 11) is 0. The molecule has 0 spiro atoms. The zero-order valence-electron chi connectivity index (χ0n) is 8.14. The number of hydrogen-bond acceptors (Lipinski definition) is 2. The molecule has 0 aliphatic rings. The summed E-state index contributed by atoms with van der Waals surface area (Å²) >= 11 is 0. The van der Waals surface area contributed by atoms with Gasteiger partial charge in [-0.2, -0.15) is 5.10 Å². The van der Waals surface area contributed by atoms with E-state index in [1.807, 2.05) is 0 Å². The molecule has 1 aromatic heterocycles. The second-order valence-electron chi connectivity index (χ2n) is 3.22. The third kappa shape index (κ3) is 1.93. The fourth-order valence-electron chi connectivity index (χ4n) is 1.36. The summed E-state index contributed by atoms with van der Waals surface area (Å²) in [5, 5.41) is 3.96. The van der Waals surface area contributed by atoms with Gasteiger partial charge in [0, 0.05) is 11.8 Å². The Kier molecular flexibility index (Phi) is 2.33. The van der Waals surface area contributed by atoms with Gasteiger partial charge in [-0.15, -0.1) is 0 Å². The first-order chi connectivity index (χ1) is 7.16. The molecule has 0 saturated carbocycles. The van der Waals surface area contributed by atoms with Crippen LogP contribution >= 0.6 is 0 Å². The first-order valence-corrected chi connectivity index (χ1v) is 4.49. The van der Waals surface area contributed by atoms with Gasteiger partial charge >= 0.3 is 0 Å². The normalized spacial score (nSPS) is 10.3. The Labute approximate surface area is 85.8 Å². The second-order valence-corrected chi connectivity index (χ2v) is 3.22. The second kappa shape index (κ2) is 3.65. The van der Waals surface area contributed by atoms with E-state index in [-0.39, 0.29) is 11.2 Å². The Balaban J connectivity index is 2.54. The van der Waals surface area contributed by atoms with Gasteiger partial charge < -0.3 is 0 Å². The molecule has 0 aliphatic heterocycles. The Hall–Kier alpha value is -1.97. The summed E-state index contributed by atoms with van der Waals surface area (Å²) in [5.74, 6) is -0.294. The zero-order chi connectivity index (χ0) is 10.8. The summed E-state index contributed by atoms with van der Waals surface area (Å²) in [6.07, 6.45) is 1.23. The van der Waals surface area contributed by atoms with E-state index in [9.17, 15) is 9.18 Å². The van der Waals surface area contributed by atoms with E-state index in [4.69, 9.17) is 0 Å². The van der Waals surface area contributed by atoms with Crippen molar-refractivity contribution < 1.29 is 4.39 Å². The molecule has 76 valence electrons. The van der Waals surface area contributed by atoms with Gasteiger partial charge in [-0.1, -0.05) is 0 Å². The number of halogens is 1. The largest absolute Gasteiger partial charge is 0.288 e. The van der Waals surface area contributed by atoms with E-state index < -0.39 is 0 Å². The smallest absolute Gasteiger partial charge is 0.200 e. The number of rotatable bonds is 1. The molecular weight excluding hydrogens is 195 g/mol. The van der Waals surface area contributed by atoms with Crippen molar-refractivity contribution in [3.8, 4) is 5.69 Å². The van der Waals surface area contributed by atoms with E-state index in [0.29, 0.717) is 5.69 Å². The van der Waals surface area contributed by atoms with E-state index in [1.165, 1.54) is 24.4 Å². The molecule has 15 heavy (non-hydrogen) atoms. The van der Waals surface area contributed by atoms with Crippen molar-refractivity contribution in [3.05, 3.63) is 58.3 Å². The molecule has 0 fully saturated rings. The highest BCUT2D eigenvalue weighted by Crippen LogP contribution is 2.08. The average Bonchev–Trinajstić information content (AvgIpc) is 2.20. The molecule has 1 heterocycles. The fraction of sp³-hybridized carbons (Fsp3) is 0.0909. The lowest BCUT2D eigenvalue weighted by Gasteiger charge is -2.07. The van der Waals surface area contributed by atoms with Gasteiger partial charge in [0.05, 0.1) is 11.9 Å². The molecule has 0 saturated heterocycles. The predicted molar refractivity (Wildman–Crippen MR) is 54.5 cm³/mol. The van der Waals surface area contributed by atoms with Gasteiger partial charge in [-0.3, -0.25) is 4.79 Å². The number of aryl methyl sites for hydroxylation is 1. The Morgan fingerprint density at radius 2 is 1.93 bits per heavy atom. The van der Waals surface area contributed by atoms with Crippen LogP contribution in [0.25, 0.3) is 5.69 Å². The molecule has 2 rings (SSSR count). The lowest BCUT2D eigenvalue weighted by Crippen LogP contribution is -2.11. The molecule has 0 unspecified atom stereocenters. The van der Waals surface area contributed by atoms with Crippen LogP contribution in [0.15, 0.2) is 41.3 Å². The maximum atomic E-state index is 12.7. The molecule has 0 aliphatic carbocycles. The summed E-state index contributed by atoms with van der Waals surface area (Å²) in [6, 6.07) is 7.42. The van der Waals surface area contributed by atoms with Crippen molar-refractivity contribution in [1.29, 1.82) is 0 Å². The summed E-state index contributed by atoms with van der Waals surface area (Å²) in [6.45, 7) is 1.78. The predicted octanol–water partition coefficient (Wildman–Crippen LogP) is 1.68. The van der Waals surface area contributed by atoms with Crippen LogP contribution in [0.1, 0.15) is 5.69 Å². The minimum absolute atomic E-state index is 0.133. The molecule has 0 N–H and O–H groups in total. The van der Waals surface area contributed by atoms with Crippen molar-refractivity contribution in [2.24, 2.45) is 0 Å². The van der Waals surface area contributed by atoms with Crippen LogP contribution in [0.4, 0.5) is 4.39 Å². The Morgan fingerprint density at radius 1 is 1.27 bits per heavy atom. The molecular formula is C11H9FN2O. The van der Waals surface area contributed by atoms with Crippen LogP contribution in [0.3, 0.4) is 0 Å². The third-order valence-corrected chi connectivity index (χ3v) is 2.06. The van der Waals surface area contributed by atoms with Gasteiger partial charge in [0.15, 0.2) is 5.43 Å². The molecule has 1 aromatic carbocycles. The minimum atomic E-state index is -0.294. The minimum Gasteiger partial charge on any atom is -0.288 e. The van der Waals surface area contributed by atoms with Crippen LogP contribution in [-0.4, -0.2) is 9.78 Å². The maximum Gasteiger partial charge on any atom is 0.200 e. The number of aromatic nitrogens is 2. The average molecular weight is 204 g/mol. The van der Waals surface area contributed by atoms with Crippen LogP contribution in [0.2, 0.25) is 0 Å². The van der Waals surface area contributed by atoms with Crippen molar-refractivity contribution in [2.45, 2.75) is 6.92 Å².